The van der Waals surface area contributed by atoms with Crippen LogP contribution in [-0.2, 0) is 15.9 Å². The van der Waals surface area contributed by atoms with Crippen LogP contribution >= 0.6 is 0 Å². The number of rotatable bonds is 7. The Kier molecular flexibility index (Phi) is 6.08. The fourth-order valence-corrected chi connectivity index (χ4v) is 2.86. The van der Waals surface area contributed by atoms with Crippen LogP contribution in [0.25, 0.3) is 0 Å². The molecule has 1 aliphatic rings. The van der Waals surface area contributed by atoms with Gasteiger partial charge in [0.15, 0.2) is 0 Å². The van der Waals surface area contributed by atoms with Crippen molar-refractivity contribution in [2.75, 3.05) is 40.0 Å². The van der Waals surface area contributed by atoms with E-state index in [1.165, 1.54) is 18.2 Å². The molecule has 0 bridgehead atoms. The second kappa shape index (κ2) is 7.82. The summed E-state index contributed by atoms with van der Waals surface area (Å²) >= 11 is 0. The summed E-state index contributed by atoms with van der Waals surface area (Å²) in [5.41, 5.74) is -0.0915. The molecule has 1 unspecified atom stereocenters. The number of hydrogen-bond donors (Lipinski definition) is 1. The Balaban J connectivity index is 2.08. The fourth-order valence-electron chi connectivity index (χ4n) is 2.86. The molecule has 0 saturated carbocycles. The van der Waals surface area contributed by atoms with E-state index in [9.17, 15) is 8.78 Å². The summed E-state index contributed by atoms with van der Waals surface area (Å²) in [6.07, 6.45) is 2.17. The molecule has 118 valence electrons. The third-order valence-electron chi connectivity index (χ3n) is 4.00. The van der Waals surface area contributed by atoms with Gasteiger partial charge in [0.1, 0.15) is 11.6 Å². The molecule has 1 atom stereocenters. The van der Waals surface area contributed by atoms with Gasteiger partial charge in [0.2, 0.25) is 0 Å². The summed E-state index contributed by atoms with van der Waals surface area (Å²) < 4.78 is 38.4. The molecule has 0 amide bonds. The van der Waals surface area contributed by atoms with Crippen molar-refractivity contribution < 1.29 is 18.3 Å². The first-order valence-electron chi connectivity index (χ1n) is 7.37. The lowest BCUT2D eigenvalue weighted by Gasteiger charge is -2.37. The fraction of sp³-hybridized carbons (Fsp3) is 0.625. The van der Waals surface area contributed by atoms with E-state index in [0.717, 1.165) is 26.0 Å². The first-order chi connectivity index (χ1) is 10.2. The van der Waals surface area contributed by atoms with Gasteiger partial charge >= 0.3 is 0 Å². The minimum atomic E-state index is -0.475. The van der Waals surface area contributed by atoms with Gasteiger partial charge in [0.05, 0.1) is 13.2 Å². The molecule has 1 aromatic carbocycles. The first-order valence-corrected chi connectivity index (χ1v) is 7.37. The molecule has 1 N–H and O–H groups in total. The molecule has 1 fully saturated rings. The van der Waals surface area contributed by atoms with Gasteiger partial charge in [-0.05, 0) is 31.4 Å². The largest absolute Gasteiger partial charge is 0.383 e. The highest BCUT2D eigenvalue weighted by Crippen LogP contribution is 2.33. The van der Waals surface area contributed by atoms with E-state index in [-0.39, 0.29) is 11.0 Å². The maximum Gasteiger partial charge on any atom is 0.129 e. The van der Waals surface area contributed by atoms with Crippen LogP contribution in [-0.4, -0.2) is 40.0 Å². The van der Waals surface area contributed by atoms with Crippen LogP contribution in [0.4, 0.5) is 8.78 Å². The molecular formula is C16H23F2NO2. The average Bonchev–Trinajstić information content (AvgIpc) is 2.49. The molecule has 3 nitrogen and oxygen atoms in total. The number of hydrogen-bond acceptors (Lipinski definition) is 3. The summed E-state index contributed by atoms with van der Waals surface area (Å²) in [5, 5.41) is 3.31. The van der Waals surface area contributed by atoms with E-state index in [1.807, 2.05) is 0 Å². The molecule has 1 saturated heterocycles. The summed E-state index contributed by atoms with van der Waals surface area (Å²) in [5.74, 6) is -0.950. The van der Waals surface area contributed by atoms with Crippen molar-refractivity contribution in [1.82, 2.24) is 5.32 Å². The highest BCUT2D eigenvalue weighted by Gasteiger charge is 2.34. The van der Waals surface area contributed by atoms with Crippen molar-refractivity contribution in [3.8, 4) is 0 Å². The molecule has 0 aromatic heterocycles. The van der Waals surface area contributed by atoms with Gasteiger partial charge in [0, 0.05) is 37.8 Å². The molecule has 5 heteroatoms. The minimum Gasteiger partial charge on any atom is -0.383 e. The molecule has 0 aliphatic carbocycles. The van der Waals surface area contributed by atoms with E-state index in [4.69, 9.17) is 9.47 Å². The number of methoxy groups -OCH3 is 1. The zero-order valence-electron chi connectivity index (χ0n) is 12.5. The highest BCUT2D eigenvalue weighted by atomic mass is 19.1. The monoisotopic (exact) mass is 299 g/mol. The van der Waals surface area contributed by atoms with Crippen molar-refractivity contribution in [3.05, 3.63) is 35.4 Å². The average molecular weight is 299 g/mol. The molecular weight excluding hydrogens is 276 g/mol. The summed E-state index contributed by atoms with van der Waals surface area (Å²) in [4.78, 5) is 0. The van der Waals surface area contributed by atoms with E-state index >= 15 is 0 Å². The van der Waals surface area contributed by atoms with E-state index in [2.05, 4.69) is 5.32 Å². The van der Waals surface area contributed by atoms with Crippen LogP contribution in [0, 0.1) is 17.0 Å². The Morgan fingerprint density at radius 1 is 1.33 bits per heavy atom. The first kappa shape index (κ1) is 16.3. The number of halogens is 2. The molecule has 0 spiro atoms. The van der Waals surface area contributed by atoms with E-state index in [1.54, 1.807) is 7.11 Å². The standard InChI is InChI=1S/C16H23F2NO2/c1-20-9-7-19-11-16(6-3-8-21-12-16)10-13-14(17)4-2-5-15(13)18/h2,4-5,19H,3,6-12H2,1H3. The van der Waals surface area contributed by atoms with Gasteiger partial charge in [-0.2, -0.15) is 0 Å². The van der Waals surface area contributed by atoms with Crippen molar-refractivity contribution in [2.24, 2.45) is 5.41 Å². The third kappa shape index (κ3) is 4.46. The SMILES string of the molecule is COCCNCC1(Cc2c(F)cccc2F)CCCOC1. The van der Waals surface area contributed by atoms with Gasteiger partial charge in [-0.15, -0.1) is 0 Å². The van der Waals surface area contributed by atoms with Gasteiger partial charge in [-0.3, -0.25) is 0 Å². The maximum absolute atomic E-state index is 13.9. The van der Waals surface area contributed by atoms with Crippen LogP contribution < -0.4 is 5.32 Å². The van der Waals surface area contributed by atoms with Crippen molar-refractivity contribution in [2.45, 2.75) is 19.3 Å². The van der Waals surface area contributed by atoms with Crippen molar-refractivity contribution in [3.63, 3.8) is 0 Å². The summed E-state index contributed by atoms with van der Waals surface area (Å²) in [6.45, 7) is 3.26. The molecule has 0 radical (unpaired) electrons. The number of nitrogens with one attached hydrogen (secondary N) is 1. The summed E-state index contributed by atoms with van der Waals surface area (Å²) in [7, 11) is 1.65. The van der Waals surface area contributed by atoms with Gasteiger partial charge in [-0.1, -0.05) is 6.07 Å². The van der Waals surface area contributed by atoms with Crippen molar-refractivity contribution in [1.29, 1.82) is 0 Å². The predicted octanol–water partition coefficient (Wildman–Crippen LogP) is 2.54. The zero-order valence-corrected chi connectivity index (χ0v) is 12.5. The Morgan fingerprint density at radius 3 is 2.71 bits per heavy atom. The smallest absolute Gasteiger partial charge is 0.129 e. The van der Waals surface area contributed by atoms with Crippen LogP contribution in [0.5, 0.6) is 0 Å². The zero-order chi connectivity index (χ0) is 15.1. The third-order valence-corrected chi connectivity index (χ3v) is 4.00. The van der Waals surface area contributed by atoms with Gasteiger partial charge < -0.3 is 14.8 Å². The Hall–Kier alpha value is -1.04. The quantitative estimate of drug-likeness (QED) is 0.785. The Labute approximate surface area is 124 Å². The second-order valence-corrected chi connectivity index (χ2v) is 5.70. The number of benzene rings is 1. The molecule has 2 rings (SSSR count). The van der Waals surface area contributed by atoms with Crippen LogP contribution in [0.2, 0.25) is 0 Å². The van der Waals surface area contributed by atoms with Crippen LogP contribution in [0.3, 0.4) is 0 Å². The molecule has 1 aromatic rings. The molecule has 21 heavy (non-hydrogen) atoms. The lowest BCUT2D eigenvalue weighted by atomic mass is 9.77. The van der Waals surface area contributed by atoms with E-state index < -0.39 is 11.6 Å². The summed E-state index contributed by atoms with van der Waals surface area (Å²) in [6, 6.07) is 4.03. The van der Waals surface area contributed by atoms with Crippen LogP contribution in [0.15, 0.2) is 18.2 Å². The van der Waals surface area contributed by atoms with E-state index in [0.29, 0.717) is 26.2 Å². The Bertz CT molecular complexity index is 428. The van der Waals surface area contributed by atoms with Gasteiger partial charge in [-0.25, -0.2) is 8.78 Å². The van der Waals surface area contributed by atoms with Crippen molar-refractivity contribution >= 4 is 0 Å². The molecule has 1 heterocycles. The Morgan fingerprint density at radius 2 is 2.10 bits per heavy atom. The normalized spacial score (nSPS) is 22.4. The van der Waals surface area contributed by atoms with Gasteiger partial charge in [0.25, 0.3) is 0 Å². The topological polar surface area (TPSA) is 30.5 Å². The number of ether oxygens (including phenoxy) is 2. The molecule has 1 aliphatic heterocycles. The lowest BCUT2D eigenvalue weighted by molar-refractivity contribution is -0.00848. The predicted molar refractivity (Wildman–Crippen MR) is 77.3 cm³/mol. The minimum absolute atomic E-state index is 0.163. The highest BCUT2D eigenvalue weighted by molar-refractivity contribution is 5.21. The lowest BCUT2D eigenvalue weighted by Crippen LogP contribution is -2.43. The maximum atomic E-state index is 13.9. The van der Waals surface area contributed by atoms with Crippen LogP contribution in [0.1, 0.15) is 18.4 Å². The second-order valence-electron chi connectivity index (χ2n) is 5.70.